The Morgan fingerprint density at radius 1 is 1.09 bits per heavy atom. The highest BCUT2D eigenvalue weighted by Gasteiger charge is 2.26. The summed E-state index contributed by atoms with van der Waals surface area (Å²) in [7, 11) is -3.46. The van der Waals surface area contributed by atoms with Crippen molar-refractivity contribution < 1.29 is 17.9 Å². The minimum absolute atomic E-state index is 0.112. The second-order valence-electron chi connectivity index (χ2n) is 8.49. The van der Waals surface area contributed by atoms with Crippen molar-refractivity contribution >= 4 is 38.1 Å². The molecule has 0 N–H and O–H groups in total. The number of sulfonamides is 1. The molecule has 1 aliphatic heterocycles. The van der Waals surface area contributed by atoms with Gasteiger partial charge in [0.1, 0.15) is 12.4 Å². The second kappa shape index (κ2) is 10.2. The number of ether oxygens (including phenoxy) is 1. The summed E-state index contributed by atoms with van der Waals surface area (Å²) >= 11 is 1.38. The van der Waals surface area contributed by atoms with Crippen LogP contribution >= 0.6 is 11.3 Å². The highest BCUT2D eigenvalue weighted by molar-refractivity contribution is 7.89. The fourth-order valence-corrected chi connectivity index (χ4v) is 6.43. The number of piperidine rings is 1. The monoisotopic (exact) mass is 499 g/mol. The van der Waals surface area contributed by atoms with Crippen molar-refractivity contribution in [3.05, 3.63) is 64.7 Å². The van der Waals surface area contributed by atoms with Gasteiger partial charge >= 0.3 is 0 Å². The van der Waals surface area contributed by atoms with E-state index in [4.69, 9.17) is 4.74 Å². The number of rotatable bonds is 7. The number of carbonyl (C=O) groups excluding carboxylic acids is 1. The third-order valence-corrected chi connectivity index (χ3v) is 8.59. The molecule has 0 spiro atoms. The summed E-state index contributed by atoms with van der Waals surface area (Å²) in [5, 5.41) is 2.45. The zero-order valence-corrected chi connectivity index (χ0v) is 21.3. The third-order valence-electron chi connectivity index (χ3n) is 5.80. The summed E-state index contributed by atoms with van der Waals surface area (Å²) in [5.74, 6) is 0.448. The molecule has 0 bridgehead atoms. The minimum atomic E-state index is -3.46. The normalized spacial score (nSPS) is 14.7. The van der Waals surface area contributed by atoms with E-state index in [1.54, 1.807) is 33.5 Å². The molecule has 34 heavy (non-hydrogen) atoms. The third kappa shape index (κ3) is 5.32. The van der Waals surface area contributed by atoms with Crippen LogP contribution in [-0.2, 0) is 21.4 Å². The van der Waals surface area contributed by atoms with Crippen molar-refractivity contribution in [2.24, 2.45) is 0 Å². The second-order valence-corrected chi connectivity index (χ2v) is 11.3. The molecule has 0 radical (unpaired) electrons. The van der Waals surface area contributed by atoms with Crippen LogP contribution in [0.2, 0.25) is 0 Å². The Bertz CT molecular complexity index is 1260. The highest BCUT2D eigenvalue weighted by atomic mass is 32.2. The average molecular weight is 500 g/mol. The molecule has 0 aliphatic carbocycles. The molecule has 0 unspecified atom stereocenters. The van der Waals surface area contributed by atoms with E-state index in [2.05, 4.69) is 4.98 Å². The zero-order valence-electron chi connectivity index (χ0n) is 19.7. The number of nitrogens with zero attached hydrogens (tertiary/aromatic N) is 3. The van der Waals surface area contributed by atoms with Gasteiger partial charge in [-0.2, -0.15) is 4.31 Å². The van der Waals surface area contributed by atoms with Gasteiger partial charge < -0.3 is 4.74 Å². The molecule has 3 aromatic rings. The number of amides is 1. The molecular weight excluding hydrogens is 470 g/mol. The Kier molecular flexibility index (Phi) is 7.35. The van der Waals surface area contributed by atoms with Gasteiger partial charge in [-0.1, -0.05) is 24.1 Å². The summed E-state index contributed by atoms with van der Waals surface area (Å²) in [5.41, 5.74) is 3.64. The topological polar surface area (TPSA) is 79.8 Å². The molecular formula is C25H29N3O4S2. The van der Waals surface area contributed by atoms with Crippen LogP contribution in [0.15, 0.2) is 52.7 Å². The quantitative estimate of drug-likeness (QED) is 0.447. The first-order valence-electron chi connectivity index (χ1n) is 11.3. The molecule has 180 valence electrons. The molecule has 0 saturated carbocycles. The van der Waals surface area contributed by atoms with E-state index < -0.39 is 10.0 Å². The first-order chi connectivity index (χ1) is 16.3. The lowest BCUT2D eigenvalue weighted by molar-refractivity contribution is -0.115. The average Bonchev–Trinajstić information content (AvgIpc) is 3.28. The van der Waals surface area contributed by atoms with E-state index in [9.17, 15) is 13.2 Å². The van der Waals surface area contributed by atoms with E-state index in [-0.39, 0.29) is 17.4 Å². The van der Waals surface area contributed by atoms with Crippen LogP contribution < -0.4 is 9.64 Å². The van der Waals surface area contributed by atoms with Gasteiger partial charge in [0.05, 0.1) is 16.3 Å². The van der Waals surface area contributed by atoms with E-state index in [0.717, 1.165) is 36.1 Å². The smallest absolute Gasteiger partial charge is 0.243 e. The van der Waals surface area contributed by atoms with Gasteiger partial charge in [0, 0.05) is 25.4 Å². The van der Waals surface area contributed by atoms with Crippen molar-refractivity contribution in [3.63, 3.8) is 0 Å². The summed E-state index contributed by atoms with van der Waals surface area (Å²) in [4.78, 5) is 18.9. The van der Waals surface area contributed by atoms with Crippen LogP contribution in [0, 0.1) is 13.8 Å². The number of benzene rings is 2. The lowest BCUT2D eigenvalue weighted by atomic mass is 10.1. The predicted molar refractivity (Wildman–Crippen MR) is 134 cm³/mol. The maximum absolute atomic E-state index is 12.8. The van der Waals surface area contributed by atoms with Crippen LogP contribution in [0.5, 0.6) is 5.75 Å². The number of anilines is 2. The summed E-state index contributed by atoms with van der Waals surface area (Å²) in [6.45, 7) is 6.89. The SMILES string of the molecule is CC(=O)N(c1nc(COc2ccc(S(=O)(=O)N3CCCCC3)cc2)cs1)c1ccc(C)cc1C. The van der Waals surface area contributed by atoms with Crippen LogP contribution in [0.3, 0.4) is 0 Å². The predicted octanol–water partition coefficient (Wildman–Crippen LogP) is 5.20. The van der Waals surface area contributed by atoms with Gasteiger partial charge in [0.25, 0.3) is 0 Å². The Morgan fingerprint density at radius 2 is 1.79 bits per heavy atom. The maximum Gasteiger partial charge on any atom is 0.243 e. The van der Waals surface area contributed by atoms with Gasteiger partial charge in [-0.15, -0.1) is 11.3 Å². The fraction of sp³-hybridized carbons (Fsp3) is 0.360. The van der Waals surface area contributed by atoms with Gasteiger partial charge in [-0.25, -0.2) is 13.4 Å². The molecule has 0 atom stereocenters. The number of carbonyl (C=O) groups is 1. The van der Waals surface area contributed by atoms with Crippen molar-refractivity contribution in [1.82, 2.24) is 9.29 Å². The molecule has 2 aromatic carbocycles. The van der Waals surface area contributed by atoms with E-state index in [1.807, 2.05) is 37.4 Å². The Morgan fingerprint density at radius 3 is 2.44 bits per heavy atom. The van der Waals surface area contributed by atoms with E-state index in [1.165, 1.54) is 18.3 Å². The summed E-state index contributed by atoms with van der Waals surface area (Å²) in [6, 6.07) is 12.5. The number of hydrogen-bond acceptors (Lipinski definition) is 6. The molecule has 1 aromatic heterocycles. The number of aryl methyl sites for hydroxylation is 2. The van der Waals surface area contributed by atoms with Crippen LogP contribution in [0.4, 0.5) is 10.8 Å². The molecule has 1 amide bonds. The largest absolute Gasteiger partial charge is 0.487 e. The van der Waals surface area contributed by atoms with Crippen molar-refractivity contribution in [1.29, 1.82) is 0 Å². The van der Waals surface area contributed by atoms with Crippen molar-refractivity contribution in [2.75, 3.05) is 18.0 Å². The summed E-state index contributed by atoms with van der Waals surface area (Å²) in [6.07, 6.45) is 2.88. The molecule has 1 saturated heterocycles. The first-order valence-corrected chi connectivity index (χ1v) is 13.6. The standard InChI is InChI=1S/C25H29N3O4S2/c1-18-7-12-24(19(2)15-18)28(20(3)29)25-26-21(17-33-25)16-32-22-8-10-23(11-9-22)34(30,31)27-13-5-4-6-14-27/h7-12,15,17H,4-6,13-14,16H2,1-3H3. The van der Waals surface area contributed by atoms with Crippen LogP contribution in [-0.4, -0.2) is 36.7 Å². The van der Waals surface area contributed by atoms with Crippen molar-refractivity contribution in [3.8, 4) is 5.75 Å². The van der Waals surface area contributed by atoms with Crippen LogP contribution in [0.1, 0.15) is 43.0 Å². The first kappa shape index (κ1) is 24.4. The van der Waals surface area contributed by atoms with Gasteiger partial charge in [-0.05, 0) is 62.6 Å². The maximum atomic E-state index is 12.8. The number of hydrogen-bond donors (Lipinski definition) is 0. The van der Waals surface area contributed by atoms with Crippen LogP contribution in [0.25, 0.3) is 0 Å². The Labute approximate surface area is 205 Å². The van der Waals surface area contributed by atoms with E-state index >= 15 is 0 Å². The highest BCUT2D eigenvalue weighted by Crippen LogP contribution is 2.32. The lowest BCUT2D eigenvalue weighted by Crippen LogP contribution is -2.35. The fourth-order valence-electron chi connectivity index (χ4n) is 4.05. The summed E-state index contributed by atoms with van der Waals surface area (Å²) < 4.78 is 33.0. The molecule has 9 heteroatoms. The lowest BCUT2D eigenvalue weighted by Gasteiger charge is -2.25. The van der Waals surface area contributed by atoms with Gasteiger partial charge in [0.2, 0.25) is 15.9 Å². The van der Waals surface area contributed by atoms with E-state index in [0.29, 0.717) is 29.7 Å². The molecule has 1 fully saturated rings. The van der Waals surface area contributed by atoms with Gasteiger partial charge in [0.15, 0.2) is 5.13 Å². The molecule has 4 rings (SSSR count). The number of thiazole rings is 1. The molecule has 7 nitrogen and oxygen atoms in total. The Balaban J connectivity index is 1.44. The minimum Gasteiger partial charge on any atom is -0.487 e. The Hall–Kier alpha value is -2.75. The van der Waals surface area contributed by atoms with Crippen molar-refractivity contribution in [2.45, 2.75) is 51.5 Å². The molecule has 2 heterocycles. The van der Waals surface area contributed by atoms with Gasteiger partial charge in [-0.3, -0.25) is 9.69 Å². The zero-order chi connectivity index (χ0) is 24.3. The molecule has 1 aliphatic rings. The number of aromatic nitrogens is 1.